The molecule has 26 heavy (non-hydrogen) atoms. The summed E-state index contributed by atoms with van der Waals surface area (Å²) in [6, 6.07) is -6.09. The predicted molar refractivity (Wildman–Crippen MR) is 59.1 cm³/mol. The number of nitrogens with zero attached hydrogens (tertiary/aromatic N) is 1. The number of ether oxygens (including phenoxy) is 2. The van der Waals surface area contributed by atoms with Gasteiger partial charge in [-0.1, -0.05) is 0 Å². The average molecular weight is 417 g/mol. The molecule has 0 N–H and O–H groups in total. The summed E-state index contributed by atoms with van der Waals surface area (Å²) in [6.45, 7) is -3.85. The molecule has 0 aliphatic carbocycles. The van der Waals surface area contributed by atoms with Gasteiger partial charge in [0, 0.05) is 20.2 Å². The molecule has 1 aliphatic rings. The second-order valence-electron chi connectivity index (χ2n) is 5.17. The Balaban J connectivity index is 3.81. The molecule has 0 radical (unpaired) electrons. The maximum Gasteiger partial charge on any atom is 0.457 e. The SMILES string of the molecule is COC(C(F)(F)N1CCOCC1)(C(F)(F)C(F)(F)F)C(F)(F)C(F)(F)F. The third-order valence-electron chi connectivity index (χ3n) is 3.73. The first-order chi connectivity index (χ1) is 11.4. The Kier molecular flexibility index (Phi) is 5.84. The Labute approximate surface area is 137 Å². The van der Waals surface area contributed by atoms with Crippen LogP contribution in [0.3, 0.4) is 0 Å². The highest BCUT2D eigenvalue weighted by Gasteiger charge is 2.94. The Hall–Kier alpha value is -0.960. The number of hydrogen-bond donors (Lipinski definition) is 0. The van der Waals surface area contributed by atoms with Crippen molar-refractivity contribution < 1.29 is 62.2 Å². The van der Waals surface area contributed by atoms with E-state index in [4.69, 9.17) is 0 Å². The highest BCUT2D eigenvalue weighted by molar-refractivity contribution is 5.17. The normalized spacial score (nSPS) is 19.7. The molecule has 0 spiro atoms. The molecule has 0 aromatic heterocycles. The minimum atomic E-state index is -7.30. The minimum Gasteiger partial charge on any atom is -0.379 e. The number of rotatable bonds is 5. The number of halogens is 12. The monoisotopic (exact) mass is 417 g/mol. The second-order valence-corrected chi connectivity index (χ2v) is 5.17. The van der Waals surface area contributed by atoms with Crippen LogP contribution in [0.15, 0.2) is 0 Å². The van der Waals surface area contributed by atoms with E-state index in [9.17, 15) is 52.7 Å². The molecule has 0 atom stereocenters. The van der Waals surface area contributed by atoms with E-state index >= 15 is 0 Å². The summed E-state index contributed by atoms with van der Waals surface area (Å²) >= 11 is 0. The summed E-state index contributed by atoms with van der Waals surface area (Å²) < 4.78 is 167. The third kappa shape index (κ3) is 3.00. The minimum absolute atomic E-state index is 0.506. The van der Waals surface area contributed by atoms with Crippen molar-refractivity contribution in [2.45, 2.75) is 35.8 Å². The van der Waals surface area contributed by atoms with Crippen LogP contribution in [-0.4, -0.2) is 74.2 Å². The van der Waals surface area contributed by atoms with E-state index in [1.165, 1.54) is 0 Å². The molecule has 0 unspecified atom stereocenters. The maximum absolute atomic E-state index is 14.5. The smallest absolute Gasteiger partial charge is 0.379 e. The van der Waals surface area contributed by atoms with Crippen molar-refractivity contribution in [3.05, 3.63) is 0 Å². The zero-order chi connectivity index (χ0) is 20.8. The van der Waals surface area contributed by atoms with Gasteiger partial charge in [-0.25, -0.2) is 4.90 Å². The van der Waals surface area contributed by atoms with Crippen molar-refractivity contribution in [3.8, 4) is 0 Å². The van der Waals surface area contributed by atoms with Crippen LogP contribution in [0.4, 0.5) is 52.7 Å². The van der Waals surface area contributed by atoms with Crippen molar-refractivity contribution in [2.75, 3.05) is 33.4 Å². The molecule has 1 saturated heterocycles. The van der Waals surface area contributed by atoms with E-state index in [0.29, 0.717) is 0 Å². The molecule has 156 valence electrons. The van der Waals surface area contributed by atoms with Crippen molar-refractivity contribution in [3.63, 3.8) is 0 Å². The number of morpholine rings is 1. The molecule has 0 aromatic rings. The van der Waals surface area contributed by atoms with Gasteiger partial charge in [0.15, 0.2) is 0 Å². The van der Waals surface area contributed by atoms with Gasteiger partial charge in [-0.05, 0) is 0 Å². The van der Waals surface area contributed by atoms with Gasteiger partial charge in [0.1, 0.15) is 0 Å². The molecule has 3 nitrogen and oxygen atoms in total. The van der Waals surface area contributed by atoms with E-state index in [0.717, 1.165) is 0 Å². The Morgan fingerprint density at radius 2 is 1.04 bits per heavy atom. The third-order valence-corrected chi connectivity index (χ3v) is 3.73. The quantitative estimate of drug-likeness (QED) is 0.503. The highest BCUT2D eigenvalue weighted by Crippen LogP contribution is 2.62. The molecule has 1 rings (SSSR count). The summed E-state index contributed by atoms with van der Waals surface area (Å²) in [5, 5.41) is 0. The van der Waals surface area contributed by atoms with Crippen molar-refractivity contribution >= 4 is 0 Å². The summed E-state index contributed by atoms with van der Waals surface area (Å²) in [4.78, 5) is -0.695. The fourth-order valence-electron chi connectivity index (χ4n) is 2.42. The van der Waals surface area contributed by atoms with Crippen LogP contribution < -0.4 is 0 Å². The largest absolute Gasteiger partial charge is 0.457 e. The molecule has 0 amide bonds. The fourth-order valence-corrected chi connectivity index (χ4v) is 2.42. The summed E-state index contributed by atoms with van der Waals surface area (Å²) in [5.74, 6) is -14.6. The van der Waals surface area contributed by atoms with Crippen molar-refractivity contribution in [2.24, 2.45) is 0 Å². The first-order valence-electron chi connectivity index (χ1n) is 6.56. The van der Waals surface area contributed by atoms with Gasteiger partial charge in [-0.15, -0.1) is 0 Å². The lowest BCUT2D eigenvalue weighted by atomic mass is 9.83. The molecule has 1 aliphatic heterocycles. The lowest BCUT2D eigenvalue weighted by Gasteiger charge is -2.51. The Bertz CT molecular complexity index is 468. The van der Waals surface area contributed by atoms with E-state index in [1.54, 1.807) is 0 Å². The van der Waals surface area contributed by atoms with Crippen molar-refractivity contribution in [1.82, 2.24) is 4.90 Å². The van der Waals surface area contributed by atoms with Crippen LogP contribution in [0.1, 0.15) is 0 Å². The van der Waals surface area contributed by atoms with Crippen molar-refractivity contribution in [1.29, 1.82) is 0 Å². The average Bonchev–Trinajstić information content (AvgIpc) is 2.46. The van der Waals surface area contributed by atoms with Gasteiger partial charge in [0.2, 0.25) is 0 Å². The van der Waals surface area contributed by atoms with Gasteiger partial charge in [0.25, 0.3) is 5.60 Å². The molecule has 0 saturated carbocycles. The molecular weight excluding hydrogens is 406 g/mol. The van der Waals surface area contributed by atoms with E-state index in [1.807, 2.05) is 0 Å². The highest BCUT2D eigenvalue weighted by atomic mass is 19.4. The predicted octanol–water partition coefficient (Wildman–Crippen LogP) is 3.69. The van der Waals surface area contributed by atoms with Gasteiger partial charge in [-0.2, -0.15) is 52.7 Å². The number of alkyl halides is 12. The molecule has 0 bridgehead atoms. The van der Waals surface area contributed by atoms with Gasteiger partial charge in [0.05, 0.1) is 13.2 Å². The number of methoxy groups -OCH3 is 1. The first kappa shape index (κ1) is 23.1. The molecular formula is C11H11F12NO2. The van der Waals surface area contributed by atoms with Crippen LogP contribution in [0.25, 0.3) is 0 Å². The van der Waals surface area contributed by atoms with Gasteiger partial charge < -0.3 is 9.47 Å². The number of hydrogen-bond acceptors (Lipinski definition) is 3. The van der Waals surface area contributed by atoms with Gasteiger partial charge in [-0.3, -0.25) is 0 Å². The van der Waals surface area contributed by atoms with Crippen LogP contribution in [0.2, 0.25) is 0 Å². The zero-order valence-electron chi connectivity index (χ0n) is 12.6. The van der Waals surface area contributed by atoms with Crippen LogP contribution in [0, 0.1) is 0 Å². The van der Waals surface area contributed by atoms with E-state index in [2.05, 4.69) is 9.47 Å². The van der Waals surface area contributed by atoms with E-state index < -0.39 is 74.2 Å². The van der Waals surface area contributed by atoms with Crippen LogP contribution in [-0.2, 0) is 9.47 Å². The summed E-state index contributed by atoms with van der Waals surface area (Å²) in [6.07, 6.45) is -14.4. The lowest BCUT2D eigenvalue weighted by Crippen LogP contribution is -2.81. The lowest BCUT2D eigenvalue weighted by molar-refractivity contribution is -0.481. The zero-order valence-corrected chi connectivity index (χ0v) is 12.6. The first-order valence-corrected chi connectivity index (χ1v) is 6.56. The maximum atomic E-state index is 14.5. The molecule has 1 heterocycles. The summed E-state index contributed by atoms with van der Waals surface area (Å²) in [7, 11) is -0.506. The van der Waals surface area contributed by atoms with Crippen LogP contribution in [0.5, 0.6) is 0 Å². The Morgan fingerprint density at radius 3 is 1.31 bits per heavy atom. The Morgan fingerprint density at radius 1 is 0.692 bits per heavy atom. The second kappa shape index (κ2) is 6.58. The van der Waals surface area contributed by atoms with E-state index in [-0.39, 0.29) is 0 Å². The van der Waals surface area contributed by atoms with Gasteiger partial charge >= 0.3 is 30.2 Å². The molecule has 0 aromatic carbocycles. The summed E-state index contributed by atoms with van der Waals surface area (Å²) in [5.41, 5.74) is -6.62. The topological polar surface area (TPSA) is 21.7 Å². The van der Waals surface area contributed by atoms with Crippen LogP contribution >= 0.6 is 0 Å². The fraction of sp³-hybridized carbons (Fsp3) is 1.00. The standard InChI is InChI=1S/C11H11F12NO2/c1-25-6(7(12,13)9(16,17)18,8(14,15)10(19,20)21)11(22,23)24-2-4-26-5-3-24/h2-5H2,1H3. The molecule has 15 heteroatoms. The molecule has 1 fully saturated rings.